The fourth-order valence-electron chi connectivity index (χ4n) is 3.71. The summed E-state index contributed by atoms with van der Waals surface area (Å²) in [6.45, 7) is 7.99. The summed E-state index contributed by atoms with van der Waals surface area (Å²) in [5.74, 6) is -0.0412. The molecule has 4 nitrogen and oxygen atoms in total. The maximum Gasteiger partial charge on any atom is 0.140 e. The van der Waals surface area contributed by atoms with Gasteiger partial charge in [0.2, 0.25) is 0 Å². The number of nitrogen functional groups attached to an aromatic ring is 2. The molecule has 0 spiro atoms. The zero-order valence-corrected chi connectivity index (χ0v) is 26.7. The molecule has 4 rings (SSSR count). The average molecular weight is 818 g/mol. The first-order chi connectivity index (χ1) is 16.2. The number of aryl methyl sites for hydroxylation is 2. The zero-order chi connectivity index (χ0) is 24.8. The molecule has 4 aromatic rings. The van der Waals surface area contributed by atoms with Gasteiger partial charge in [0.25, 0.3) is 0 Å². The van der Waals surface area contributed by atoms with E-state index >= 15 is 0 Å². The number of anilines is 2. The Kier molecular flexibility index (Phi) is 12.5. The van der Waals surface area contributed by atoms with Crippen molar-refractivity contribution < 1.29 is 52.0 Å². The van der Waals surface area contributed by atoms with Gasteiger partial charge < -0.3 is 21.4 Å². The van der Waals surface area contributed by atoms with Gasteiger partial charge in [-0.05, 0) is 55.5 Å². The van der Waals surface area contributed by atoms with Crippen molar-refractivity contribution in [3.05, 3.63) is 129 Å². The number of carbonyl (C=O) groups excluding carboxylic acids is 1. The fourth-order valence-corrected chi connectivity index (χ4v) is 3.71. The van der Waals surface area contributed by atoms with Crippen LogP contribution in [0.15, 0.2) is 72.8 Å². The van der Waals surface area contributed by atoms with Gasteiger partial charge in [-0.2, -0.15) is 36.4 Å². The molecule has 6 heteroatoms. The van der Waals surface area contributed by atoms with Crippen LogP contribution in [-0.4, -0.2) is 10.9 Å². The Hall–Kier alpha value is -2.51. The van der Waals surface area contributed by atoms with Crippen molar-refractivity contribution >= 4 is 17.2 Å². The second kappa shape index (κ2) is 14.3. The Morgan fingerprint density at radius 1 is 0.722 bits per heavy atom. The van der Waals surface area contributed by atoms with Crippen LogP contribution in [-0.2, 0) is 42.1 Å². The number of hydrogen-bond acceptors (Lipinski definition) is 4. The summed E-state index contributed by atoms with van der Waals surface area (Å²) >= 11 is 0. The van der Waals surface area contributed by atoms with E-state index in [0.29, 0.717) is 28.1 Å². The van der Waals surface area contributed by atoms with Crippen LogP contribution in [0.25, 0.3) is 0 Å². The molecule has 0 aliphatic rings. The molecule has 0 radical (unpaired) electrons. The maximum atomic E-state index is 12.3. The van der Waals surface area contributed by atoms with Gasteiger partial charge in [0, 0.05) is 47.7 Å². The van der Waals surface area contributed by atoms with Crippen molar-refractivity contribution in [2.45, 2.75) is 33.8 Å². The molecule has 0 saturated heterocycles. The minimum Gasteiger partial charge on any atom is -0.419 e. The molecule has 0 heterocycles. The molecule has 186 valence electrons. The SMILES string of the molecule is Cc1cccc(C(=O)c2c[c-]ccc2N)c1C.Cc1cccc(C(O)c2c[c-]ccc2N)c1C.[W].[W]. The van der Waals surface area contributed by atoms with Crippen LogP contribution in [0, 0.1) is 39.8 Å². The molecule has 1 unspecified atom stereocenters. The molecular weight excluding hydrogens is 788 g/mol. The van der Waals surface area contributed by atoms with E-state index in [1.807, 2.05) is 64.1 Å². The van der Waals surface area contributed by atoms with Gasteiger partial charge in [0.15, 0.2) is 0 Å². The summed E-state index contributed by atoms with van der Waals surface area (Å²) in [7, 11) is 0. The molecule has 0 aliphatic carbocycles. The normalized spacial score (nSPS) is 10.7. The molecule has 0 fully saturated rings. The topological polar surface area (TPSA) is 89.3 Å². The van der Waals surface area contributed by atoms with Crippen molar-refractivity contribution in [1.29, 1.82) is 0 Å². The van der Waals surface area contributed by atoms with Crippen LogP contribution >= 0.6 is 0 Å². The molecule has 0 saturated carbocycles. The van der Waals surface area contributed by atoms with Gasteiger partial charge in [-0.1, -0.05) is 53.3 Å². The van der Waals surface area contributed by atoms with Gasteiger partial charge >= 0.3 is 0 Å². The Morgan fingerprint density at radius 3 is 1.89 bits per heavy atom. The van der Waals surface area contributed by atoms with Crippen molar-refractivity contribution in [3.8, 4) is 0 Å². The number of rotatable bonds is 4. The van der Waals surface area contributed by atoms with Gasteiger partial charge in [-0.15, -0.1) is 17.7 Å². The van der Waals surface area contributed by atoms with Crippen molar-refractivity contribution in [2.75, 3.05) is 11.5 Å². The van der Waals surface area contributed by atoms with E-state index in [1.165, 1.54) is 5.56 Å². The van der Waals surface area contributed by atoms with Crippen molar-refractivity contribution in [3.63, 3.8) is 0 Å². The Labute approximate surface area is 242 Å². The summed E-state index contributed by atoms with van der Waals surface area (Å²) in [6, 6.07) is 27.7. The predicted molar refractivity (Wildman–Crippen MR) is 139 cm³/mol. The van der Waals surface area contributed by atoms with Crippen LogP contribution in [0.1, 0.15) is 55.4 Å². The second-order valence-electron chi connectivity index (χ2n) is 8.34. The molecule has 1 atom stereocenters. The predicted octanol–water partition coefficient (Wildman–Crippen LogP) is 5.68. The maximum absolute atomic E-state index is 12.3. The summed E-state index contributed by atoms with van der Waals surface area (Å²) in [5, 5.41) is 10.4. The molecule has 5 N–H and O–H groups in total. The van der Waals surface area contributed by atoms with Crippen molar-refractivity contribution in [2.24, 2.45) is 0 Å². The van der Waals surface area contributed by atoms with E-state index in [0.717, 1.165) is 22.3 Å². The first kappa shape index (κ1) is 31.5. The number of aliphatic hydroxyl groups excluding tert-OH is 1. The minimum absolute atomic E-state index is 0. The smallest absolute Gasteiger partial charge is 0.140 e. The van der Waals surface area contributed by atoms with Gasteiger partial charge in [0.05, 0.1) is 6.10 Å². The number of aliphatic hydroxyl groups is 1. The third-order valence-electron chi connectivity index (χ3n) is 6.16. The molecule has 0 aliphatic heterocycles. The van der Waals surface area contributed by atoms with E-state index in [9.17, 15) is 9.90 Å². The number of ketones is 1. The first-order valence-electron chi connectivity index (χ1n) is 11.1. The van der Waals surface area contributed by atoms with E-state index < -0.39 is 6.10 Å². The molecule has 0 bridgehead atoms. The van der Waals surface area contributed by atoms with E-state index in [4.69, 9.17) is 11.5 Å². The van der Waals surface area contributed by atoms with Crippen LogP contribution in [0.5, 0.6) is 0 Å². The molecule has 36 heavy (non-hydrogen) atoms. The number of carbonyl (C=O) groups is 1. The monoisotopic (exact) mass is 818 g/mol. The molecule has 0 aromatic heterocycles. The number of benzene rings is 4. The summed E-state index contributed by atoms with van der Waals surface area (Å²) in [6.07, 6.45) is -0.688. The fraction of sp³-hybridized carbons (Fsp3) is 0.167. The molecular formula is C30H30N2O2W2-2. The molecule has 4 aromatic carbocycles. The Morgan fingerprint density at radius 2 is 1.28 bits per heavy atom. The third-order valence-corrected chi connectivity index (χ3v) is 6.16. The quantitative estimate of drug-likeness (QED) is 0.141. The molecule has 0 amide bonds. The van der Waals surface area contributed by atoms with Crippen molar-refractivity contribution in [1.82, 2.24) is 0 Å². The third kappa shape index (κ3) is 7.26. The van der Waals surface area contributed by atoms with Gasteiger partial charge in [0.1, 0.15) is 5.78 Å². The van der Waals surface area contributed by atoms with Gasteiger partial charge in [-0.3, -0.25) is 0 Å². The summed E-state index contributed by atoms with van der Waals surface area (Å²) in [4.78, 5) is 12.3. The van der Waals surface area contributed by atoms with Gasteiger partial charge in [-0.25, -0.2) is 0 Å². The first-order valence-corrected chi connectivity index (χ1v) is 11.1. The summed E-state index contributed by atoms with van der Waals surface area (Å²) in [5.41, 5.74) is 20.0. The zero-order valence-electron chi connectivity index (χ0n) is 20.8. The average Bonchev–Trinajstić information content (AvgIpc) is 2.83. The van der Waals surface area contributed by atoms with E-state index in [1.54, 1.807) is 36.4 Å². The minimum atomic E-state index is -0.688. The van der Waals surface area contributed by atoms with Crippen LogP contribution in [0.3, 0.4) is 0 Å². The van der Waals surface area contributed by atoms with Crippen LogP contribution in [0.2, 0.25) is 0 Å². The van der Waals surface area contributed by atoms with Crippen LogP contribution < -0.4 is 11.5 Å². The van der Waals surface area contributed by atoms with Crippen LogP contribution in [0.4, 0.5) is 11.4 Å². The summed E-state index contributed by atoms with van der Waals surface area (Å²) < 4.78 is 0. The Bertz CT molecular complexity index is 1320. The van der Waals surface area contributed by atoms with E-state index in [-0.39, 0.29) is 47.9 Å². The second-order valence-corrected chi connectivity index (χ2v) is 8.34. The Balaban J connectivity index is 0.000000341. The number of nitrogens with two attached hydrogens (primary N) is 2. The van der Waals surface area contributed by atoms with E-state index in [2.05, 4.69) is 12.1 Å². The number of hydrogen-bond donors (Lipinski definition) is 3. The standard InChI is InChI=1S/C15H16NO.C15H14NO.2W/c2*1-10-6-5-8-12(11(10)2)15(17)13-7-3-4-9-14(13)16;;/h4-9,15,17H,16H2,1-2H3;4-9H,16H2,1-2H3;;/q2*-1;;. The largest absolute Gasteiger partial charge is 0.419 e.